The van der Waals surface area contributed by atoms with Crippen LogP contribution in [-0.2, 0) is 21.4 Å². The molecule has 1 amide bonds. The number of amides is 1. The topological polar surface area (TPSA) is 109 Å². The van der Waals surface area contributed by atoms with E-state index in [9.17, 15) is 18.0 Å². The van der Waals surface area contributed by atoms with Crippen LogP contribution in [0.25, 0.3) is 10.9 Å². The molecule has 0 spiro atoms. The van der Waals surface area contributed by atoms with Gasteiger partial charge in [-0.3, -0.25) is 9.59 Å². The van der Waals surface area contributed by atoms with Crippen LogP contribution < -0.4 is 15.0 Å². The van der Waals surface area contributed by atoms with E-state index in [1.807, 2.05) is 31.4 Å². The SMILES string of the molecule is CCCOc1ccccc1[C@H](NS(=O)(=O)c1ccc2[nH]c(=O)ccc2c1)C(=O)N(CC)Cc1cccs1. The minimum atomic E-state index is -4.14. The highest BCUT2D eigenvalue weighted by Crippen LogP contribution is 2.30. The summed E-state index contributed by atoms with van der Waals surface area (Å²) in [5, 5.41) is 2.50. The smallest absolute Gasteiger partial charge is 0.248 e. The quantitative estimate of drug-likeness (QED) is 0.293. The van der Waals surface area contributed by atoms with E-state index in [0.29, 0.717) is 41.9 Å². The second-order valence-corrected chi connectivity index (χ2v) is 11.2. The van der Waals surface area contributed by atoms with Crippen molar-refractivity contribution in [3.8, 4) is 5.75 Å². The van der Waals surface area contributed by atoms with E-state index in [0.717, 1.165) is 11.3 Å². The maximum absolute atomic E-state index is 13.9. The fourth-order valence-corrected chi connectivity index (χ4v) is 5.87. The molecule has 0 saturated carbocycles. The summed E-state index contributed by atoms with van der Waals surface area (Å²) in [6, 6.07) is 17.0. The van der Waals surface area contributed by atoms with Crippen molar-refractivity contribution in [2.45, 2.75) is 37.8 Å². The Labute approximate surface area is 220 Å². The molecule has 2 N–H and O–H groups in total. The van der Waals surface area contributed by atoms with Gasteiger partial charge in [0.05, 0.1) is 18.0 Å². The first-order valence-electron chi connectivity index (χ1n) is 12.0. The van der Waals surface area contributed by atoms with Crippen LogP contribution in [0.3, 0.4) is 0 Å². The number of para-hydroxylation sites is 1. The average Bonchev–Trinajstić information content (AvgIpc) is 3.42. The van der Waals surface area contributed by atoms with Crippen LogP contribution in [0.5, 0.6) is 5.75 Å². The lowest BCUT2D eigenvalue weighted by molar-refractivity contribution is -0.133. The third-order valence-corrected chi connectivity index (χ3v) is 8.12. The summed E-state index contributed by atoms with van der Waals surface area (Å²) in [6.45, 7) is 5.03. The molecule has 0 unspecified atom stereocenters. The molecular weight excluding hydrogens is 510 g/mol. The standard InChI is InChI=1S/C27H29N3O5S2/c1-3-15-35-24-10-6-5-9-22(24)26(27(32)30(4-2)18-20-8-7-16-36-20)29-37(33,34)21-12-13-23-19(17-21)11-14-25(31)28-23/h5-14,16-17,26,29H,3-4,15,18H2,1-2H3,(H,28,31)/t26-/m0/s1. The largest absolute Gasteiger partial charge is 0.493 e. The molecule has 10 heteroatoms. The lowest BCUT2D eigenvalue weighted by Crippen LogP contribution is -2.42. The van der Waals surface area contributed by atoms with Crippen LogP contribution in [0.4, 0.5) is 0 Å². The van der Waals surface area contributed by atoms with Crippen molar-refractivity contribution in [2.24, 2.45) is 0 Å². The average molecular weight is 540 g/mol. The van der Waals surface area contributed by atoms with Crippen molar-refractivity contribution >= 4 is 38.2 Å². The summed E-state index contributed by atoms with van der Waals surface area (Å²) >= 11 is 1.54. The third kappa shape index (κ3) is 6.27. The van der Waals surface area contributed by atoms with E-state index in [2.05, 4.69) is 9.71 Å². The van der Waals surface area contributed by atoms with Crippen molar-refractivity contribution in [2.75, 3.05) is 13.2 Å². The highest BCUT2D eigenvalue weighted by atomic mass is 32.2. The molecule has 0 fully saturated rings. The van der Waals surface area contributed by atoms with Crippen molar-refractivity contribution in [3.63, 3.8) is 0 Å². The summed E-state index contributed by atoms with van der Waals surface area (Å²) in [4.78, 5) is 30.8. The number of nitrogens with one attached hydrogen (secondary N) is 2. The molecule has 0 aliphatic carbocycles. The van der Waals surface area contributed by atoms with Gasteiger partial charge in [0.25, 0.3) is 0 Å². The number of likely N-dealkylation sites (N-methyl/N-ethyl adjacent to an activating group) is 1. The van der Waals surface area contributed by atoms with E-state index in [-0.39, 0.29) is 16.4 Å². The first-order valence-corrected chi connectivity index (χ1v) is 14.4. The van der Waals surface area contributed by atoms with Crippen LogP contribution in [-0.4, -0.2) is 37.4 Å². The fraction of sp³-hybridized carbons (Fsp3) is 0.259. The minimum absolute atomic E-state index is 0.0156. The van der Waals surface area contributed by atoms with Gasteiger partial charge in [-0.2, -0.15) is 4.72 Å². The number of thiophene rings is 1. The second kappa shape index (κ2) is 11.7. The lowest BCUT2D eigenvalue weighted by atomic mass is 10.0. The number of sulfonamides is 1. The van der Waals surface area contributed by atoms with Gasteiger partial charge in [0, 0.05) is 28.6 Å². The van der Waals surface area contributed by atoms with Crippen molar-refractivity contribution < 1.29 is 17.9 Å². The Morgan fingerprint density at radius 2 is 1.89 bits per heavy atom. The fourth-order valence-electron chi connectivity index (χ4n) is 3.95. The van der Waals surface area contributed by atoms with E-state index < -0.39 is 16.1 Å². The van der Waals surface area contributed by atoms with Crippen molar-refractivity contribution in [1.82, 2.24) is 14.6 Å². The van der Waals surface area contributed by atoms with Gasteiger partial charge in [-0.15, -0.1) is 11.3 Å². The van der Waals surface area contributed by atoms with Crippen molar-refractivity contribution in [1.29, 1.82) is 0 Å². The number of aromatic amines is 1. The zero-order valence-corrected chi connectivity index (χ0v) is 22.3. The summed E-state index contributed by atoms with van der Waals surface area (Å²) < 4.78 is 35.7. The normalized spacial score (nSPS) is 12.4. The summed E-state index contributed by atoms with van der Waals surface area (Å²) in [6.07, 6.45) is 0.761. The Hall–Kier alpha value is -3.47. The molecule has 4 aromatic rings. The molecule has 194 valence electrons. The molecule has 0 aliphatic heterocycles. The summed E-state index contributed by atoms with van der Waals surface area (Å²) in [7, 11) is -4.14. The molecule has 37 heavy (non-hydrogen) atoms. The van der Waals surface area contributed by atoms with Gasteiger partial charge in [0.1, 0.15) is 11.8 Å². The van der Waals surface area contributed by atoms with Crippen LogP contribution >= 0.6 is 11.3 Å². The van der Waals surface area contributed by atoms with Gasteiger partial charge in [0.15, 0.2) is 0 Å². The molecule has 4 rings (SSSR count). The maximum Gasteiger partial charge on any atom is 0.248 e. The molecule has 1 atom stereocenters. The Morgan fingerprint density at radius 1 is 1.08 bits per heavy atom. The highest BCUT2D eigenvalue weighted by molar-refractivity contribution is 7.89. The minimum Gasteiger partial charge on any atom is -0.493 e. The molecule has 0 radical (unpaired) electrons. The van der Waals surface area contributed by atoms with Gasteiger partial charge < -0.3 is 14.6 Å². The number of ether oxygens (including phenoxy) is 1. The van der Waals surface area contributed by atoms with Gasteiger partial charge in [-0.05, 0) is 60.5 Å². The third-order valence-electron chi connectivity index (χ3n) is 5.84. The number of aromatic nitrogens is 1. The predicted octanol–water partition coefficient (Wildman–Crippen LogP) is 4.45. The van der Waals surface area contributed by atoms with Gasteiger partial charge in [-0.1, -0.05) is 31.2 Å². The van der Waals surface area contributed by atoms with Crippen LogP contribution in [0, 0.1) is 0 Å². The Balaban J connectivity index is 1.74. The first kappa shape index (κ1) is 26.6. The molecule has 0 bridgehead atoms. The summed E-state index contributed by atoms with van der Waals surface area (Å²) in [5.74, 6) is 0.0748. The van der Waals surface area contributed by atoms with E-state index >= 15 is 0 Å². The van der Waals surface area contributed by atoms with Gasteiger partial charge in [-0.25, -0.2) is 8.42 Å². The zero-order chi connectivity index (χ0) is 26.4. The van der Waals surface area contributed by atoms with E-state index in [1.54, 1.807) is 35.2 Å². The predicted molar refractivity (Wildman–Crippen MR) is 145 cm³/mol. The number of pyridine rings is 1. The molecule has 0 saturated heterocycles. The second-order valence-electron chi connectivity index (χ2n) is 8.44. The molecular formula is C27H29N3O5S2. The van der Waals surface area contributed by atoms with Crippen LogP contribution in [0.1, 0.15) is 36.8 Å². The molecule has 8 nitrogen and oxygen atoms in total. The number of hydrogen-bond acceptors (Lipinski definition) is 6. The maximum atomic E-state index is 13.9. The van der Waals surface area contributed by atoms with Crippen molar-refractivity contribution in [3.05, 3.63) is 92.9 Å². The Morgan fingerprint density at radius 3 is 2.62 bits per heavy atom. The Kier molecular flexibility index (Phi) is 8.42. The number of rotatable bonds is 11. The number of nitrogens with zero attached hydrogens (tertiary/aromatic N) is 1. The highest BCUT2D eigenvalue weighted by Gasteiger charge is 2.32. The van der Waals surface area contributed by atoms with Crippen LogP contribution in [0.2, 0.25) is 0 Å². The molecule has 2 heterocycles. The Bertz CT molecular complexity index is 1530. The van der Waals surface area contributed by atoms with Gasteiger partial charge >= 0.3 is 0 Å². The number of carbonyl (C=O) groups is 1. The number of benzene rings is 2. The molecule has 0 aliphatic rings. The first-order chi connectivity index (χ1) is 17.8. The zero-order valence-electron chi connectivity index (χ0n) is 20.6. The monoisotopic (exact) mass is 539 g/mol. The lowest BCUT2D eigenvalue weighted by Gasteiger charge is -2.28. The number of fused-ring (bicyclic) bond motifs is 1. The van der Waals surface area contributed by atoms with Gasteiger partial charge in [0.2, 0.25) is 21.5 Å². The summed E-state index contributed by atoms with van der Waals surface area (Å²) in [5.41, 5.74) is 0.686. The number of hydrogen-bond donors (Lipinski definition) is 2. The van der Waals surface area contributed by atoms with Crippen LogP contribution in [0.15, 0.2) is 81.8 Å². The number of H-pyrrole nitrogens is 1. The van der Waals surface area contributed by atoms with E-state index in [4.69, 9.17) is 4.74 Å². The molecule has 2 aromatic carbocycles. The van der Waals surface area contributed by atoms with E-state index in [1.165, 1.54) is 35.6 Å². The molecule has 2 aromatic heterocycles. The number of carbonyl (C=O) groups excluding carboxylic acids is 1.